The third kappa shape index (κ3) is 4.85. The second-order valence-corrected chi connectivity index (χ2v) is 6.75. The summed E-state index contributed by atoms with van der Waals surface area (Å²) in [6, 6.07) is 16.6. The Labute approximate surface area is 161 Å². The molecule has 3 rings (SSSR count). The third-order valence-electron chi connectivity index (χ3n) is 4.81. The number of hydrogen-bond donors (Lipinski definition) is 2. The van der Waals surface area contributed by atoms with Gasteiger partial charge >= 0.3 is 0 Å². The number of rotatable bonds is 5. The van der Waals surface area contributed by atoms with Crippen molar-refractivity contribution in [1.82, 2.24) is 0 Å². The number of hydrogen-bond acceptors (Lipinski definition) is 3. The van der Waals surface area contributed by atoms with E-state index in [2.05, 4.69) is 36.5 Å². The molecular formula is C21H27ClN2O2. The number of carbonyl (C=O) groups excluding carboxylic acids is 1. The number of nitrogens with one attached hydrogen (secondary N) is 1. The van der Waals surface area contributed by atoms with Crippen LogP contribution in [0.3, 0.4) is 0 Å². The van der Waals surface area contributed by atoms with Crippen LogP contribution in [-0.4, -0.2) is 24.7 Å². The van der Waals surface area contributed by atoms with Crippen molar-refractivity contribution in [3.8, 4) is 11.1 Å². The van der Waals surface area contributed by atoms with Crippen LogP contribution in [0.25, 0.3) is 11.1 Å². The van der Waals surface area contributed by atoms with Gasteiger partial charge in [0.1, 0.15) is 5.54 Å². The maximum Gasteiger partial charge on any atom is 0.244 e. The van der Waals surface area contributed by atoms with Crippen LogP contribution >= 0.6 is 12.4 Å². The first-order valence-electron chi connectivity index (χ1n) is 8.98. The van der Waals surface area contributed by atoms with E-state index in [0.29, 0.717) is 26.1 Å². The summed E-state index contributed by atoms with van der Waals surface area (Å²) in [4.78, 5) is 12.5. The van der Waals surface area contributed by atoms with Crippen molar-refractivity contribution in [3.05, 3.63) is 54.1 Å². The Kier molecular flexibility index (Phi) is 7.21. The molecule has 5 heteroatoms. The topological polar surface area (TPSA) is 64.4 Å². The Balaban J connectivity index is 0.00000243. The van der Waals surface area contributed by atoms with Crippen LogP contribution < -0.4 is 11.1 Å². The van der Waals surface area contributed by atoms with Crippen LogP contribution in [0.4, 0.5) is 5.69 Å². The van der Waals surface area contributed by atoms with E-state index >= 15 is 0 Å². The van der Waals surface area contributed by atoms with Crippen molar-refractivity contribution in [2.24, 2.45) is 5.73 Å². The molecule has 0 bridgehead atoms. The lowest BCUT2D eigenvalue weighted by molar-refractivity contribution is -0.124. The van der Waals surface area contributed by atoms with Crippen molar-refractivity contribution in [2.45, 2.75) is 38.1 Å². The zero-order chi connectivity index (χ0) is 17.7. The molecule has 4 nitrogen and oxygen atoms in total. The molecule has 1 aliphatic heterocycles. The molecule has 0 saturated carbocycles. The summed E-state index contributed by atoms with van der Waals surface area (Å²) in [6.45, 7) is 3.26. The number of ether oxygens (including phenoxy) is 1. The Morgan fingerprint density at radius 1 is 1.04 bits per heavy atom. The number of carbonyl (C=O) groups is 1. The van der Waals surface area contributed by atoms with Crippen molar-refractivity contribution in [3.63, 3.8) is 0 Å². The van der Waals surface area contributed by atoms with Crippen LogP contribution in [0.5, 0.6) is 0 Å². The lowest BCUT2D eigenvalue weighted by atomic mass is 9.90. The van der Waals surface area contributed by atoms with E-state index in [4.69, 9.17) is 10.5 Å². The maximum absolute atomic E-state index is 12.5. The van der Waals surface area contributed by atoms with E-state index in [9.17, 15) is 4.79 Å². The van der Waals surface area contributed by atoms with E-state index < -0.39 is 5.54 Å². The fourth-order valence-corrected chi connectivity index (χ4v) is 3.12. The fraction of sp³-hybridized carbons (Fsp3) is 0.381. The van der Waals surface area contributed by atoms with Gasteiger partial charge in [-0.05, 0) is 48.1 Å². The second kappa shape index (κ2) is 9.17. The highest BCUT2D eigenvalue weighted by Gasteiger charge is 2.35. The molecule has 0 spiro atoms. The van der Waals surface area contributed by atoms with Gasteiger partial charge in [-0.15, -0.1) is 12.4 Å². The number of anilines is 1. The van der Waals surface area contributed by atoms with E-state index in [0.717, 1.165) is 24.1 Å². The van der Waals surface area contributed by atoms with Gasteiger partial charge < -0.3 is 15.8 Å². The lowest BCUT2D eigenvalue weighted by Gasteiger charge is -2.31. The summed E-state index contributed by atoms with van der Waals surface area (Å²) in [5.41, 5.74) is 9.83. The monoisotopic (exact) mass is 374 g/mol. The van der Waals surface area contributed by atoms with Gasteiger partial charge in [0.25, 0.3) is 0 Å². The molecule has 0 unspecified atom stereocenters. The smallest absolute Gasteiger partial charge is 0.244 e. The Morgan fingerprint density at radius 3 is 2.12 bits per heavy atom. The van der Waals surface area contributed by atoms with Crippen LogP contribution in [0.2, 0.25) is 0 Å². The highest BCUT2D eigenvalue weighted by atomic mass is 35.5. The van der Waals surface area contributed by atoms with Gasteiger partial charge in [0.2, 0.25) is 5.91 Å². The number of aryl methyl sites for hydroxylation is 1. The molecule has 140 valence electrons. The standard InChI is InChI=1S/C21H26N2O2.ClH/c1-2-3-16-4-6-17(7-5-16)18-8-10-19(11-9-18)23-20(24)21(22)12-14-25-15-13-21;/h4-11H,2-3,12-15,22H2,1H3,(H,23,24);1H. The SMILES string of the molecule is CCCc1ccc(-c2ccc(NC(=O)C3(N)CCOCC3)cc2)cc1.Cl. The Hall–Kier alpha value is -1.88. The molecule has 2 aromatic rings. The van der Waals surface area contributed by atoms with Gasteiger partial charge in [-0.1, -0.05) is 49.7 Å². The van der Waals surface area contributed by atoms with E-state index in [1.54, 1.807) is 0 Å². The molecule has 1 aliphatic rings. The molecule has 0 aliphatic carbocycles. The summed E-state index contributed by atoms with van der Waals surface area (Å²) in [7, 11) is 0. The van der Waals surface area contributed by atoms with Crippen molar-refractivity contribution >= 4 is 24.0 Å². The summed E-state index contributed by atoms with van der Waals surface area (Å²) in [5.74, 6) is -0.132. The molecular weight excluding hydrogens is 348 g/mol. The van der Waals surface area contributed by atoms with Gasteiger partial charge in [0.15, 0.2) is 0 Å². The lowest BCUT2D eigenvalue weighted by Crippen LogP contribution is -2.54. The predicted molar refractivity (Wildman–Crippen MR) is 109 cm³/mol. The third-order valence-corrected chi connectivity index (χ3v) is 4.81. The average molecular weight is 375 g/mol. The first-order valence-corrected chi connectivity index (χ1v) is 8.98. The molecule has 1 heterocycles. The molecule has 1 saturated heterocycles. The zero-order valence-electron chi connectivity index (χ0n) is 15.2. The first-order chi connectivity index (χ1) is 12.1. The molecule has 0 aromatic heterocycles. The first kappa shape index (κ1) is 20.4. The van der Waals surface area contributed by atoms with Crippen LogP contribution in [0, 0.1) is 0 Å². The quantitative estimate of drug-likeness (QED) is 0.825. The molecule has 1 amide bonds. The minimum Gasteiger partial charge on any atom is -0.381 e. The van der Waals surface area contributed by atoms with Gasteiger partial charge in [-0.3, -0.25) is 4.79 Å². The number of halogens is 1. The van der Waals surface area contributed by atoms with E-state index in [1.165, 1.54) is 11.1 Å². The largest absolute Gasteiger partial charge is 0.381 e. The summed E-state index contributed by atoms with van der Waals surface area (Å²) in [5, 5.41) is 2.94. The molecule has 0 atom stereocenters. The van der Waals surface area contributed by atoms with Crippen LogP contribution in [-0.2, 0) is 16.0 Å². The average Bonchev–Trinajstić information content (AvgIpc) is 2.64. The Bertz CT molecular complexity index is 708. The molecule has 3 N–H and O–H groups in total. The molecule has 0 radical (unpaired) electrons. The molecule has 1 fully saturated rings. The predicted octanol–water partition coefficient (Wildman–Crippen LogP) is 4.17. The van der Waals surface area contributed by atoms with Crippen molar-refractivity contribution < 1.29 is 9.53 Å². The van der Waals surface area contributed by atoms with Crippen molar-refractivity contribution in [1.29, 1.82) is 0 Å². The highest BCUT2D eigenvalue weighted by Crippen LogP contribution is 2.24. The second-order valence-electron chi connectivity index (χ2n) is 6.75. The van der Waals surface area contributed by atoms with Crippen molar-refractivity contribution in [2.75, 3.05) is 18.5 Å². The number of benzene rings is 2. The fourth-order valence-electron chi connectivity index (χ4n) is 3.12. The molecule has 2 aromatic carbocycles. The minimum absolute atomic E-state index is 0. The summed E-state index contributed by atoms with van der Waals surface area (Å²) >= 11 is 0. The normalized spacial score (nSPS) is 15.8. The minimum atomic E-state index is -0.827. The van der Waals surface area contributed by atoms with Crippen LogP contribution in [0.15, 0.2) is 48.5 Å². The number of nitrogens with two attached hydrogens (primary N) is 1. The van der Waals surface area contributed by atoms with E-state index in [-0.39, 0.29) is 18.3 Å². The maximum atomic E-state index is 12.5. The van der Waals surface area contributed by atoms with Gasteiger partial charge in [-0.2, -0.15) is 0 Å². The number of amides is 1. The van der Waals surface area contributed by atoms with Gasteiger partial charge in [0.05, 0.1) is 0 Å². The Morgan fingerprint density at radius 2 is 1.58 bits per heavy atom. The molecule has 26 heavy (non-hydrogen) atoms. The van der Waals surface area contributed by atoms with Gasteiger partial charge in [-0.25, -0.2) is 0 Å². The highest BCUT2D eigenvalue weighted by molar-refractivity contribution is 5.98. The summed E-state index contributed by atoms with van der Waals surface area (Å²) in [6.07, 6.45) is 3.38. The summed E-state index contributed by atoms with van der Waals surface area (Å²) < 4.78 is 5.29. The zero-order valence-corrected chi connectivity index (χ0v) is 16.0. The van der Waals surface area contributed by atoms with Crippen LogP contribution in [0.1, 0.15) is 31.7 Å². The van der Waals surface area contributed by atoms with E-state index in [1.807, 2.05) is 24.3 Å². The van der Waals surface area contributed by atoms with Gasteiger partial charge in [0, 0.05) is 18.9 Å².